The zero-order valence-electron chi connectivity index (χ0n) is 16.0. The summed E-state index contributed by atoms with van der Waals surface area (Å²) in [7, 11) is 0. The third-order valence-corrected chi connectivity index (χ3v) is 5.32. The van der Waals surface area contributed by atoms with E-state index in [0.29, 0.717) is 16.8 Å². The van der Waals surface area contributed by atoms with Crippen molar-refractivity contribution in [3.63, 3.8) is 0 Å². The number of halogens is 1. The van der Waals surface area contributed by atoms with Crippen molar-refractivity contribution in [1.82, 2.24) is 0 Å². The summed E-state index contributed by atoms with van der Waals surface area (Å²) in [6.45, 7) is 0. The van der Waals surface area contributed by atoms with Crippen LogP contribution in [0.3, 0.4) is 0 Å². The Morgan fingerprint density at radius 2 is 1.55 bits per heavy atom. The van der Waals surface area contributed by atoms with Gasteiger partial charge in [-0.15, -0.1) is 0 Å². The zero-order chi connectivity index (χ0) is 21.8. The van der Waals surface area contributed by atoms with Crippen molar-refractivity contribution in [2.24, 2.45) is 0 Å². The Kier molecular flexibility index (Phi) is 6.29. The molecule has 0 radical (unpaired) electrons. The van der Waals surface area contributed by atoms with Gasteiger partial charge in [-0.2, -0.15) is 4.28 Å². The van der Waals surface area contributed by atoms with Crippen LogP contribution in [-0.2, 0) is 15.6 Å². The van der Waals surface area contributed by atoms with E-state index in [-0.39, 0.29) is 16.6 Å². The summed E-state index contributed by atoms with van der Waals surface area (Å²) >= 11 is 3.89. The molecule has 0 saturated heterocycles. The summed E-state index contributed by atoms with van der Waals surface area (Å²) in [5.74, 6) is -0.296. The monoisotopic (exact) mass is 451 g/mol. The lowest BCUT2D eigenvalue weighted by Gasteiger charge is -2.18. The number of hydrogen-bond donors (Lipinski definition) is 2. The molecule has 0 bridgehead atoms. The van der Waals surface area contributed by atoms with Gasteiger partial charge in [-0.25, -0.2) is 4.21 Å². The van der Waals surface area contributed by atoms with E-state index in [1.165, 1.54) is 6.07 Å². The van der Waals surface area contributed by atoms with Crippen LogP contribution < -0.4 is 10.8 Å². The van der Waals surface area contributed by atoms with Crippen molar-refractivity contribution in [3.05, 3.63) is 95.5 Å². The summed E-state index contributed by atoms with van der Waals surface area (Å²) in [6.07, 6.45) is 0. The minimum atomic E-state index is -2.78. The van der Waals surface area contributed by atoms with Gasteiger partial charge in [-0.05, 0) is 40.6 Å². The molecule has 2 N–H and O–H groups in total. The van der Waals surface area contributed by atoms with E-state index in [4.69, 9.17) is 11.6 Å². The second-order valence-corrected chi connectivity index (χ2v) is 7.54. The van der Waals surface area contributed by atoms with Crippen LogP contribution in [0.5, 0.6) is 0 Å². The molecule has 4 aromatic rings. The average molecular weight is 452 g/mol. The fourth-order valence-corrected chi connectivity index (χ4v) is 3.79. The van der Waals surface area contributed by atoms with Gasteiger partial charge in [0.2, 0.25) is 0 Å². The molecule has 0 heterocycles. The first-order valence-electron chi connectivity index (χ1n) is 9.24. The summed E-state index contributed by atoms with van der Waals surface area (Å²) in [4.78, 5) is 12.8. The average Bonchev–Trinajstić information content (AvgIpc) is 2.79. The number of amides is 1. The molecule has 4 aromatic carbocycles. The first-order chi connectivity index (χ1) is 15.0. The molecule has 8 heteroatoms. The van der Waals surface area contributed by atoms with E-state index >= 15 is 0 Å². The Bertz CT molecular complexity index is 1280. The van der Waals surface area contributed by atoms with Crippen molar-refractivity contribution in [2.75, 3.05) is 10.8 Å². The second kappa shape index (κ2) is 9.28. The van der Waals surface area contributed by atoms with E-state index < -0.39 is 11.4 Å². The number of fused-ring (bicyclic) bond motifs is 1. The molecule has 1 unspecified atom stereocenters. The predicted molar refractivity (Wildman–Crippen MR) is 122 cm³/mol. The molecule has 156 valence electrons. The van der Waals surface area contributed by atoms with Gasteiger partial charge in [0.25, 0.3) is 5.91 Å². The Labute approximate surface area is 186 Å². The number of carbonyl (C=O) groups excluding carboxylic acids is 1. The topological polar surface area (TPSA) is 90.5 Å². The Balaban J connectivity index is 1.86. The molecule has 0 aromatic heterocycles. The highest BCUT2D eigenvalue weighted by atomic mass is 35.5. The standard InChI is InChI=1S/C23H17ClN2O4S/c24-22-20(26-30-31(28)29)14-13-19(25-23(27)16-8-2-1-3-9-16)21(22)18-12-6-10-15-7-4-5-11-17(15)18/h1-14,26H,(H,25,27)(H,28,29)/p-1. The highest BCUT2D eigenvalue weighted by molar-refractivity contribution is 7.74. The number of rotatable bonds is 6. The van der Waals surface area contributed by atoms with Crippen molar-refractivity contribution < 1.29 is 17.8 Å². The SMILES string of the molecule is O=C(Nc1ccc(NOS(=O)[O-])c(Cl)c1-c1cccc2ccccc12)c1ccccc1. The maximum absolute atomic E-state index is 12.8. The largest absolute Gasteiger partial charge is 0.748 e. The normalized spacial score (nSPS) is 11.8. The molecule has 0 saturated carbocycles. The maximum Gasteiger partial charge on any atom is 0.255 e. The fraction of sp³-hybridized carbons (Fsp3) is 0. The van der Waals surface area contributed by atoms with Crippen molar-refractivity contribution in [1.29, 1.82) is 0 Å². The van der Waals surface area contributed by atoms with Crippen molar-refractivity contribution >= 4 is 51.0 Å². The molecule has 1 amide bonds. The molecule has 31 heavy (non-hydrogen) atoms. The third-order valence-electron chi connectivity index (χ3n) is 4.70. The minimum Gasteiger partial charge on any atom is -0.748 e. The molecule has 6 nitrogen and oxygen atoms in total. The van der Waals surface area contributed by atoms with E-state index in [1.54, 1.807) is 30.3 Å². The van der Waals surface area contributed by atoms with Gasteiger partial charge < -0.3 is 9.87 Å². The molecule has 0 spiro atoms. The van der Waals surface area contributed by atoms with Gasteiger partial charge in [0.1, 0.15) is 11.4 Å². The number of nitrogens with one attached hydrogen (secondary N) is 2. The van der Waals surface area contributed by atoms with Crippen molar-refractivity contribution in [3.8, 4) is 11.1 Å². The number of benzene rings is 4. The summed E-state index contributed by atoms with van der Waals surface area (Å²) in [6, 6.07) is 25.5. The molecule has 0 aliphatic rings. The molecule has 1 atom stereocenters. The van der Waals surface area contributed by atoms with E-state index in [0.717, 1.165) is 16.3 Å². The van der Waals surface area contributed by atoms with Gasteiger partial charge >= 0.3 is 0 Å². The van der Waals surface area contributed by atoms with Crippen LogP contribution in [0, 0.1) is 0 Å². The quantitative estimate of drug-likeness (QED) is 0.296. The molecule has 0 aliphatic carbocycles. The van der Waals surface area contributed by atoms with Gasteiger partial charge in [0, 0.05) is 11.1 Å². The molecule has 0 fully saturated rings. The summed E-state index contributed by atoms with van der Waals surface area (Å²) < 4.78 is 26.1. The first-order valence-corrected chi connectivity index (χ1v) is 10.6. The van der Waals surface area contributed by atoms with Gasteiger partial charge in [0.05, 0.1) is 16.4 Å². The lowest BCUT2D eigenvalue weighted by molar-refractivity contribution is 0.102. The molecule has 0 aliphatic heterocycles. The third kappa shape index (κ3) is 4.60. The summed E-state index contributed by atoms with van der Waals surface area (Å²) in [5.41, 5.74) is 4.85. The van der Waals surface area contributed by atoms with Crippen LogP contribution >= 0.6 is 11.6 Å². The number of carbonyl (C=O) groups is 1. The molecular formula is C23H16ClN2O4S-. The summed E-state index contributed by atoms with van der Waals surface area (Å²) in [5, 5.41) is 5.03. The van der Waals surface area contributed by atoms with Gasteiger partial charge in [0.15, 0.2) is 0 Å². The minimum absolute atomic E-state index is 0.202. The Morgan fingerprint density at radius 1 is 0.871 bits per heavy atom. The maximum atomic E-state index is 12.8. The predicted octanol–water partition coefficient (Wildman–Crippen LogP) is 5.55. The van der Waals surface area contributed by atoms with Gasteiger partial charge in [-0.3, -0.25) is 10.3 Å². The van der Waals surface area contributed by atoms with Crippen LogP contribution in [0.25, 0.3) is 21.9 Å². The van der Waals surface area contributed by atoms with E-state index in [1.807, 2.05) is 48.5 Å². The fourth-order valence-electron chi connectivity index (χ4n) is 3.33. The lowest BCUT2D eigenvalue weighted by Crippen LogP contribution is -2.13. The number of anilines is 2. The molecular weight excluding hydrogens is 436 g/mol. The second-order valence-electron chi connectivity index (χ2n) is 6.59. The van der Waals surface area contributed by atoms with Crippen LogP contribution in [0.1, 0.15) is 10.4 Å². The van der Waals surface area contributed by atoms with E-state index in [9.17, 15) is 13.6 Å². The van der Waals surface area contributed by atoms with Crippen molar-refractivity contribution in [2.45, 2.75) is 0 Å². The van der Waals surface area contributed by atoms with E-state index in [2.05, 4.69) is 15.1 Å². The van der Waals surface area contributed by atoms with Crippen LogP contribution in [-0.4, -0.2) is 14.7 Å². The Hall–Kier alpha value is -3.23. The zero-order valence-corrected chi connectivity index (χ0v) is 17.6. The highest BCUT2D eigenvalue weighted by Gasteiger charge is 2.18. The Morgan fingerprint density at radius 3 is 2.32 bits per heavy atom. The van der Waals surface area contributed by atoms with Crippen LogP contribution in [0.15, 0.2) is 84.9 Å². The molecule has 4 rings (SSSR count). The highest BCUT2D eigenvalue weighted by Crippen LogP contribution is 2.42. The van der Waals surface area contributed by atoms with Crippen LogP contribution in [0.2, 0.25) is 5.02 Å². The lowest BCUT2D eigenvalue weighted by atomic mass is 9.96. The first kappa shape index (κ1) is 21.0. The number of hydrogen-bond acceptors (Lipinski definition) is 5. The smallest absolute Gasteiger partial charge is 0.255 e. The van der Waals surface area contributed by atoms with Gasteiger partial charge in [-0.1, -0.05) is 72.3 Å². The van der Waals surface area contributed by atoms with Crippen LogP contribution in [0.4, 0.5) is 11.4 Å².